The van der Waals surface area contributed by atoms with E-state index in [4.69, 9.17) is 0 Å². The van der Waals surface area contributed by atoms with Gasteiger partial charge in [0.1, 0.15) is 16.5 Å². The molecule has 1 aromatic carbocycles. The van der Waals surface area contributed by atoms with Crippen LogP contribution in [0.3, 0.4) is 0 Å². The summed E-state index contributed by atoms with van der Waals surface area (Å²) in [4.78, 5) is 3.89. The second-order valence-corrected chi connectivity index (χ2v) is 8.56. The topological polar surface area (TPSA) is 57.6 Å². The Morgan fingerprint density at radius 1 is 1.11 bits per heavy atom. The van der Waals surface area contributed by atoms with Crippen LogP contribution in [0.4, 0.5) is 8.78 Å². The fourth-order valence-electron chi connectivity index (χ4n) is 3.33. The van der Waals surface area contributed by atoms with Crippen LogP contribution in [-0.4, -0.2) is 62.6 Å². The number of aromatic nitrogens is 1. The number of halogens is 2. The molecule has 2 aromatic rings. The quantitative estimate of drug-likeness (QED) is 0.803. The van der Waals surface area contributed by atoms with E-state index < -0.39 is 26.6 Å². The van der Waals surface area contributed by atoms with Gasteiger partial charge in [-0.3, -0.25) is 4.90 Å². The van der Waals surface area contributed by atoms with Crippen molar-refractivity contribution >= 4 is 10.0 Å². The number of piperazine rings is 1. The number of sulfonamides is 1. The zero-order valence-electron chi connectivity index (χ0n) is 15.4. The summed E-state index contributed by atoms with van der Waals surface area (Å²) in [5.74, 6) is -1.91. The Labute approximate surface area is 158 Å². The normalized spacial score (nSPS) is 17.9. The van der Waals surface area contributed by atoms with Gasteiger partial charge in [-0.1, -0.05) is 0 Å². The Morgan fingerprint density at radius 2 is 1.81 bits per heavy atom. The summed E-state index contributed by atoms with van der Waals surface area (Å²) in [6.07, 6.45) is 1.91. The smallest absolute Gasteiger partial charge is 0.243 e. The van der Waals surface area contributed by atoms with Gasteiger partial charge in [0.2, 0.25) is 10.0 Å². The molecule has 3 rings (SSSR count). The highest BCUT2D eigenvalue weighted by Gasteiger charge is 2.28. The minimum Gasteiger partial charge on any atom is -0.353 e. The van der Waals surface area contributed by atoms with E-state index in [1.54, 1.807) is 0 Å². The molecule has 0 bridgehead atoms. The number of nitrogens with one attached hydrogen (secondary N) is 1. The van der Waals surface area contributed by atoms with Crippen molar-refractivity contribution in [3.63, 3.8) is 0 Å². The van der Waals surface area contributed by atoms with Gasteiger partial charge in [-0.15, -0.1) is 0 Å². The average Bonchev–Trinajstić information content (AvgIpc) is 3.02. The van der Waals surface area contributed by atoms with E-state index in [9.17, 15) is 17.2 Å². The molecule has 1 saturated heterocycles. The van der Waals surface area contributed by atoms with E-state index in [0.717, 1.165) is 44.0 Å². The molecule has 6 nitrogen and oxygen atoms in total. The number of aryl methyl sites for hydroxylation is 1. The standard InChI is InChI=1S/C18H24F2N4O2S/c1-22-8-10-24(11-9-22)17(16-4-3-7-23(16)2)13-21-27(25,26)18-6-5-14(19)12-15(18)20/h3-7,12,17,21H,8-11,13H2,1-2H3/t17-/m0/s1. The van der Waals surface area contributed by atoms with Crippen LogP contribution >= 0.6 is 0 Å². The SMILES string of the molecule is CN1CCN([C@@H](CNS(=O)(=O)c2ccc(F)cc2F)c2cccn2C)CC1. The molecule has 0 amide bonds. The van der Waals surface area contributed by atoms with Gasteiger partial charge in [0.15, 0.2) is 0 Å². The molecule has 9 heteroatoms. The Hall–Kier alpha value is -1.81. The third kappa shape index (κ3) is 4.55. The van der Waals surface area contributed by atoms with Crippen molar-refractivity contribution in [1.29, 1.82) is 0 Å². The van der Waals surface area contributed by atoms with Crippen LogP contribution in [0.5, 0.6) is 0 Å². The third-order valence-corrected chi connectivity index (χ3v) is 6.41. The molecule has 1 N–H and O–H groups in total. The van der Waals surface area contributed by atoms with Crippen LogP contribution in [0.1, 0.15) is 11.7 Å². The van der Waals surface area contributed by atoms with Gasteiger partial charge >= 0.3 is 0 Å². The van der Waals surface area contributed by atoms with E-state index in [0.29, 0.717) is 6.07 Å². The maximum Gasteiger partial charge on any atom is 0.243 e. The Morgan fingerprint density at radius 3 is 2.41 bits per heavy atom. The zero-order valence-corrected chi connectivity index (χ0v) is 16.2. The summed E-state index contributed by atoms with van der Waals surface area (Å²) in [6.45, 7) is 3.49. The molecule has 2 heterocycles. The van der Waals surface area contributed by atoms with Crippen molar-refractivity contribution in [3.8, 4) is 0 Å². The molecule has 0 radical (unpaired) electrons. The number of likely N-dealkylation sites (N-methyl/N-ethyl adjacent to an activating group) is 1. The van der Waals surface area contributed by atoms with Crippen molar-refractivity contribution in [2.75, 3.05) is 39.8 Å². The molecule has 1 fully saturated rings. The first-order valence-corrected chi connectivity index (χ1v) is 10.2. The van der Waals surface area contributed by atoms with Gasteiger partial charge in [0.05, 0.1) is 6.04 Å². The van der Waals surface area contributed by atoms with Crippen molar-refractivity contribution in [3.05, 3.63) is 53.9 Å². The minimum absolute atomic E-state index is 0.0979. The lowest BCUT2D eigenvalue weighted by molar-refractivity contribution is 0.109. The molecular formula is C18H24F2N4O2S. The molecule has 0 spiro atoms. The molecule has 1 aromatic heterocycles. The summed E-state index contributed by atoms with van der Waals surface area (Å²) in [5, 5.41) is 0. The van der Waals surface area contributed by atoms with E-state index in [1.165, 1.54) is 0 Å². The van der Waals surface area contributed by atoms with Gasteiger partial charge in [0, 0.05) is 57.7 Å². The largest absolute Gasteiger partial charge is 0.353 e. The van der Waals surface area contributed by atoms with E-state index in [1.807, 2.05) is 29.9 Å². The summed E-state index contributed by atoms with van der Waals surface area (Å²) in [5.41, 5.74) is 0.974. The number of hydrogen-bond acceptors (Lipinski definition) is 4. The monoisotopic (exact) mass is 398 g/mol. The summed E-state index contributed by atoms with van der Waals surface area (Å²) < 4.78 is 56.6. The van der Waals surface area contributed by atoms with Gasteiger partial charge < -0.3 is 9.47 Å². The van der Waals surface area contributed by atoms with Gasteiger partial charge in [-0.2, -0.15) is 0 Å². The number of benzene rings is 1. The van der Waals surface area contributed by atoms with Gasteiger partial charge in [0.25, 0.3) is 0 Å². The van der Waals surface area contributed by atoms with Crippen molar-refractivity contribution < 1.29 is 17.2 Å². The second-order valence-electron chi connectivity index (χ2n) is 6.83. The van der Waals surface area contributed by atoms with Crippen molar-refractivity contribution in [1.82, 2.24) is 19.1 Å². The fourth-order valence-corrected chi connectivity index (χ4v) is 4.43. The molecule has 27 heavy (non-hydrogen) atoms. The Balaban J connectivity index is 1.81. The van der Waals surface area contributed by atoms with Gasteiger partial charge in [-0.25, -0.2) is 21.9 Å². The Kier molecular flexibility index (Phi) is 5.95. The molecule has 0 aliphatic carbocycles. The molecule has 1 aliphatic rings. The highest BCUT2D eigenvalue weighted by atomic mass is 32.2. The van der Waals surface area contributed by atoms with Crippen LogP contribution in [0, 0.1) is 11.6 Å². The van der Waals surface area contributed by atoms with Gasteiger partial charge in [-0.05, 0) is 31.3 Å². The Bertz CT molecular complexity index is 893. The number of rotatable bonds is 6. The predicted octanol–water partition coefficient (Wildman–Crippen LogP) is 1.57. The third-order valence-electron chi connectivity index (χ3n) is 4.95. The van der Waals surface area contributed by atoms with Crippen LogP contribution in [0.15, 0.2) is 41.4 Å². The van der Waals surface area contributed by atoms with Crippen LogP contribution in [-0.2, 0) is 17.1 Å². The van der Waals surface area contributed by atoms with Crippen molar-refractivity contribution in [2.45, 2.75) is 10.9 Å². The number of hydrogen-bond donors (Lipinski definition) is 1. The second kappa shape index (κ2) is 8.05. The summed E-state index contributed by atoms with van der Waals surface area (Å²) >= 11 is 0. The maximum absolute atomic E-state index is 13.9. The van der Waals surface area contributed by atoms with Crippen LogP contribution in [0.2, 0.25) is 0 Å². The van der Waals surface area contributed by atoms with Crippen LogP contribution in [0.25, 0.3) is 0 Å². The van der Waals surface area contributed by atoms with E-state index in [-0.39, 0.29) is 12.6 Å². The molecular weight excluding hydrogens is 374 g/mol. The lowest BCUT2D eigenvalue weighted by Gasteiger charge is -2.38. The molecule has 1 aliphatic heterocycles. The zero-order chi connectivity index (χ0) is 19.6. The fraction of sp³-hybridized carbons (Fsp3) is 0.444. The van der Waals surface area contributed by atoms with Crippen molar-refractivity contribution in [2.24, 2.45) is 7.05 Å². The molecule has 0 unspecified atom stereocenters. The van der Waals surface area contributed by atoms with Crippen LogP contribution < -0.4 is 4.72 Å². The minimum atomic E-state index is -4.09. The summed E-state index contributed by atoms with van der Waals surface area (Å²) in [6, 6.07) is 6.14. The molecule has 1 atom stereocenters. The number of nitrogens with zero attached hydrogens (tertiary/aromatic N) is 3. The first kappa shape index (κ1) is 19.9. The molecule has 148 valence electrons. The highest BCUT2D eigenvalue weighted by molar-refractivity contribution is 7.89. The average molecular weight is 398 g/mol. The lowest BCUT2D eigenvalue weighted by atomic mass is 10.1. The van der Waals surface area contributed by atoms with E-state index >= 15 is 0 Å². The first-order valence-electron chi connectivity index (χ1n) is 8.76. The predicted molar refractivity (Wildman–Crippen MR) is 98.8 cm³/mol. The maximum atomic E-state index is 13.9. The lowest BCUT2D eigenvalue weighted by Crippen LogP contribution is -2.48. The summed E-state index contributed by atoms with van der Waals surface area (Å²) in [7, 11) is -0.134. The first-order chi connectivity index (χ1) is 12.8. The molecule has 0 saturated carbocycles. The highest BCUT2D eigenvalue weighted by Crippen LogP contribution is 2.23. The van der Waals surface area contributed by atoms with E-state index in [2.05, 4.69) is 21.6 Å².